The van der Waals surface area contributed by atoms with E-state index < -0.39 is 0 Å². The fraction of sp³-hybridized carbons (Fsp3) is 0.562. The maximum Gasteiger partial charge on any atom is 0.410 e. The second-order valence-corrected chi connectivity index (χ2v) is 5.65. The average Bonchev–Trinajstić information content (AvgIpc) is 2.45. The smallest absolute Gasteiger partial charge is 0.410 e. The van der Waals surface area contributed by atoms with Gasteiger partial charge in [0.15, 0.2) is 0 Å². The summed E-state index contributed by atoms with van der Waals surface area (Å²) < 4.78 is 5.37. The van der Waals surface area contributed by atoms with Crippen molar-refractivity contribution >= 4 is 6.09 Å². The molecule has 0 spiro atoms. The molecule has 2 aliphatic rings. The third kappa shape index (κ3) is 3.12. The van der Waals surface area contributed by atoms with Gasteiger partial charge in [0.1, 0.15) is 6.61 Å². The molecule has 1 saturated heterocycles. The van der Waals surface area contributed by atoms with E-state index in [0.717, 1.165) is 37.8 Å². The van der Waals surface area contributed by atoms with Crippen LogP contribution < -0.4 is 0 Å². The molecule has 108 valence electrons. The fourth-order valence-corrected chi connectivity index (χ4v) is 2.83. The van der Waals surface area contributed by atoms with Gasteiger partial charge in [0.05, 0.1) is 0 Å². The summed E-state index contributed by atoms with van der Waals surface area (Å²) in [5.74, 6) is 0. The minimum Gasteiger partial charge on any atom is -0.445 e. The number of rotatable bonds is 3. The lowest BCUT2D eigenvalue weighted by molar-refractivity contribution is 0.0438. The molecule has 1 aliphatic carbocycles. The largest absolute Gasteiger partial charge is 0.445 e. The topological polar surface area (TPSA) is 32.8 Å². The van der Waals surface area contributed by atoms with Gasteiger partial charge in [-0.15, -0.1) is 0 Å². The minimum absolute atomic E-state index is 0.179. The van der Waals surface area contributed by atoms with Gasteiger partial charge in [0.2, 0.25) is 0 Å². The Balaban J connectivity index is 1.42. The van der Waals surface area contributed by atoms with E-state index in [1.165, 1.54) is 19.3 Å². The second kappa shape index (κ2) is 6.27. The highest BCUT2D eigenvalue weighted by Gasteiger charge is 2.29. The molecule has 0 N–H and O–H groups in total. The monoisotopic (exact) mass is 274 g/mol. The van der Waals surface area contributed by atoms with E-state index in [1.54, 1.807) is 0 Å². The lowest BCUT2D eigenvalue weighted by Gasteiger charge is -2.42. The molecular weight excluding hydrogens is 252 g/mol. The van der Waals surface area contributed by atoms with Crippen LogP contribution in [0.25, 0.3) is 0 Å². The number of hydrogen-bond acceptors (Lipinski definition) is 3. The van der Waals surface area contributed by atoms with Crippen molar-refractivity contribution in [2.45, 2.75) is 31.9 Å². The van der Waals surface area contributed by atoms with E-state index in [4.69, 9.17) is 4.74 Å². The molecule has 1 heterocycles. The zero-order chi connectivity index (χ0) is 13.8. The molecule has 3 rings (SSSR count). The maximum atomic E-state index is 12.0. The molecule has 0 radical (unpaired) electrons. The third-order valence-electron chi connectivity index (χ3n) is 4.37. The molecular formula is C16H22N2O2. The molecule has 4 heteroatoms. The van der Waals surface area contributed by atoms with Crippen molar-refractivity contribution in [1.82, 2.24) is 9.80 Å². The SMILES string of the molecule is O=C(OCc1ccccc1)N1CCN(C2CCC2)CC1. The highest BCUT2D eigenvalue weighted by atomic mass is 16.6. The van der Waals surface area contributed by atoms with E-state index in [9.17, 15) is 4.79 Å². The zero-order valence-electron chi connectivity index (χ0n) is 11.8. The van der Waals surface area contributed by atoms with Gasteiger partial charge in [-0.1, -0.05) is 36.8 Å². The van der Waals surface area contributed by atoms with Crippen molar-refractivity contribution < 1.29 is 9.53 Å². The predicted molar refractivity (Wildman–Crippen MR) is 77.4 cm³/mol. The molecule has 1 aliphatic heterocycles. The normalized spacial score (nSPS) is 20.5. The van der Waals surface area contributed by atoms with Crippen LogP contribution in [0.1, 0.15) is 24.8 Å². The number of hydrogen-bond donors (Lipinski definition) is 0. The standard InChI is InChI=1S/C16H22N2O2/c19-16(20-13-14-5-2-1-3-6-14)18-11-9-17(10-12-18)15-7-4-8-15/h1-3,5-6,15H,4,7-13H2. The van der Waals surface area contributed by atoms with Gasteiger partial charge in [-0.3, -0.25) is 4.90 Å². The Labute approximate surface area is 120 Å². The van der Waals surface area contributed by atoms with Crippen LogP contribution >= 0.6 is 0 Å². The minimum atomic E-state index is -0.179. The van der Waals surface area contributed by atoms with Crippen LogP contribution in [0.3, 0.4) is 0 Å². The van der Waals surface area contributed by atoms with Crippen LogP contribution in [0.15, 0.2) is 30.3 Å². The van der Waals surface area contributed by atoms with Gasteiger partial charge in [-0.2, -0.15) is 0 Å². The molecule has 0 bridgehead atoms. The molecule has 1 aromatic rings. The van der Waals surface area contributed by atoms with Crippen molar-refractivity contribution in [3.63, 3.8) is 0 Å². The van der Waals surface area contributed by atoms with Gasteiger partial charge in [0.25, 0.3) is 0 Å². The van der Waals surface area contributed by atoms with E-state index in [-0.39, 0.29) is 6.09 Å². The Bertz CT molecular complexity index is 437. The summed E-state index contributed by atoms with van der Waals surface area (Å²) in [6.45, 7) is 3.94. The lowest BCUT2D eigenvalue weighted by atomic mass is 9.91. The van der Waals surface area contributed by atoms with Crippen molar-refractivity contribution in [2.75, 3.05) is 26.2 Å². The molecule has 1 amide bonds. The van der Waals surface area contributed by atoms with E-state index in [0.29, 0.717) is 6.61 Å². The maximum absolute atomic E-state index is 12.0. The Hall–Kier alpha value is -1.55. The average molecular weight is 274 g/mol. The highest BCUT2D eigenvalue weighted by Crippen LogP contribution is 2.25. The lowest BCUT2D eigenvalue weighted by Crippen LogP contribution is -2.53. The van der Waals surface area contributed by atoms with Crippen LogP contribution in [0.2, 0.25) is 0 Å². The number of nitrogens with zero attached hydrogens (tertiary/aromatic N) is 2. The van der Waals surface area contributed by atoms with Crippen LogP contribution in [-0.4, -0.2) is 48.1 Å². The zero-order valence-corrected chi connectivity index (χ0v) is 11.8. The number of carbonyl (C=O) groups is 1. The van der Waals surface area contributed by atoms with E-state index in [1.807, 2.05) is 35.2 Å². The molecule has 4 nitrogen and oxygen atoms in total. The van der Waals surface area contributed by atoms with Gasteiger partial charge in [-0.05, 0) is 18.4 Å². The number of ether oxygens (including phenoxy) is 1. The van der Waals surface area contributed by atoms with Gasteiger partial charge < -0.3 is 9.64 Å². The summed E-state index contributed by atoms with van der Waals surface area (Å²) in [6.07, 6.45) is 3.85. The third-order valence-corrected chi connectivity index (χ3v) is 4.37. The molecule has 1 saturated carbocycles. The molecule has 0 unspecified atom stereocenters. The summed E-state index contributed by atoms with van der Waals surface area (Å²) in [5.41, 5.74) is 1.04. The van der Waals surface area contributed by atoms with Gasteiger partial charge in [0, 0.05) is 32.2 Å². The first-order valence-corrected chi connectivity index (χ1v) is 7.52. The summed E-state index contributed by atoms with van der Waals surface area (Å²) in [7, 11) is 0. The Morgan fingerprint density at radius 3 is 2.40 bits per heavy atom. The van der Waals surface area contributed by atoms with Gasteiger partial charge in [-0.25, -0.2) is 4.79 Å². The van der Waals surface area contributed by atoms with E-state index in [2.05, 4.69) is 4.90 Å². The molecule has 20 heavy (non-hydrogen) atoms. The Kier molecular flexibility index (Phi) is 4.21. The summed E-state index contributed by atoms with van der Waals surface area (Å²) in [6, 6.07) is 10.6. The first kappa shape index (κ1) is 13.4. The van der Waals surface area contributed by atoms with Crippen molar-refractivity contribution in [3.05, 3.63) is 35.9 Å². The van der Waals surface area contributed by atoms with Crippen molar-refractivity contribution in [2.24, 2.45) is 0 Å². The van der Waals surface area contributed by atoms with Gasteiger partial charge >= 0.3 is 6.09 Å². The first-order valence-electron chi connectivity index (χ1n) is 7.52. The number of piperazine rings is 1. The van der Waals surface area contributed by atoms with Crippen molar-refractivity contribution in [1.29, 1.82) is 0 Å². The van der Waals surface area contributed by atoms with Crippen LogP contribution in [0.4, 0.5) is 4.79 Å². The highest BCUT2D eigenvalue weighted by molar-refractivity contribution is 5.67. The number of amides is 1. The molecule has 0 atom stereocenters. The summed E-state index contributed by atoms with van der Waals surface area (Å²) >= 11 is 0. The predicted octanol–water partition coefficient (Wildman–Crippen LogP) is 2.49. The van der Waals surface area contributed by atoms with Crippen LogP contribution in [-0.2, 0) is 11.3 Å². The molecule has 0 aromatic heterocycles. The quantitative estimate of drug-likeness (QED) is 0.849. The van der Waals surface area contributed by atoms with E-state index >= 15 is 0 Å². The summed E-state index contributed by atoms with van der Waals surface area (Å²) in [5, 5.41) is 0. The number of benzene rings is 1. The van der Waals surface area contributed by atoms with Crippen molar-refractivity contribution in [3.8, 4) is 0 Å². The first-order chi connectivity index (χ1) is 9.83. The Morgan fingerprint density at radius 1 is 1.10 bits per heavy atom. The molecule has 1 aromatic carbocycles. The second-order valence-electron chi connectivity index (χ2n) is 5.65. The summed E-state index contributed by atoms with van der Waals surface area (Å²) in [4.78, 5) is 16.4. The van der Waals surface area contributed by atoms with Crippen LogP contribution in [0, 0.1) is 0 Å². The Morgan fingerprint density at radius 2 is 1.80 bits per heavy atom. The van der Waals surface area contributed by atoms with Crippen LogP contribution in [0.5, 0.6) is 0 Å². The molecule has 2 fully saturated rings. The number of carbonyl (C=O) groups excluding carboxylic acids is 1. The fourth-order valence-electron chi connectivity index (χ4n) is 2.83.